The minimum Gasteiger partial charge on any atom is -0.382 e. The van der Waals surface area contributed by atoms with E-state index < -0.39 is 0 Å². The second kappa shape index (κ2) is 10.3. The van der Waals surface area contributed by atoms with Crippen LogP contribution in [0.5, 0.6) is 0 Å². The highest BCUT2D eigenvalue weighted by Gasteiger charge is 2.07. The van der Waals surface area contributed by atoms with Gasteiger partial charge >= 0.3 is 0 Å². The standard InChI is InChI=1S/C17H12ClN3.C4H4ClN3/c18-15-11-16(21-19-12-15)20-17(13-7-3-1-4-8-13)14-9-5-2-6-10-14;5-3-1-4(6)8-7-2-3/h1-12H;1-2H,(H2,6,8). The molecule has 0 radical (unpaired) electrons. The van der Waals surface area contributed by atoms with Crippen molar-refractivity contribution in [1.29, 1.82) is 0 Å². The third-order valence-corrected chi connectivity index (χ3v) is 3.98. The van der Waals surface area contributed by atoms with Crippen LogP contribution in [0, 0.1) is 0 Å². The Balaban J connectivity index is 0.000000252. The Bertz CT molecular complexity index is 1030. The number of rotatable bonds is 3. The van der Waals surface area contributed by atoms with E-state index in [9.17, 15) is 0 Å². The van der Waals surface area contributed by atoms with Crippen LogP contribution in [-0.4, -0.2) is 26.1 Å². The van der Waals surface area contributed by atoms with Gasteiger partial charge in [-0.1, -0.05) is 83.9 Å². The molecule has 6 nitrogen and oxygen atoms in total. The average molecular weight is 423 g/mol. The van der Waals surface area contributed by atoms with E-state index in [1.54, 1.807) is 6.07 Å². The molecule has 0 spiro atoms. The largest absolute Gasteiger partial charge is 0.382 e. The van der Waals surface area contributed by atoms with E-state index in [2.05, 4.69) is 25.4 Å². The average Bonchev–Trinajstić information content (AvgIpc) is 2.74. The summed E-state index contributed by atoms with van der Waals surface area (Å²) in [6.07, 6.45) is 2.92. The molecule has 0 saturated heterocycles. The summed E-state index contributed by atoms with van der Waals surface area (Å²) >= 11 is 11.4. The third-order valence-electron chi connectivity index (χ3n) is 3.57. The van der Waals surface area contributed by atoms with Crippen LogP contribution in [-0.2, 0) is 0 Å². The molecule has 144 valence electrons. The molecule has 4 aromatic rings. The molecule has 0 aliphatic carbocycles. The van der Waals surface area contributed by atoms with Crippen LogP contribution in [0.15, 0.2) is 90.2 Å². The normalized spacial score (nSPS) is 9.86. The van der Waals surface area contributed by atoms with E-state index in [4.69, 9.17) is 28.9 Å². The molecule has 4 rings (SSSR count). The molecule has 0 saturated carbocycles. The summed E-state index contributed by atoms with van der Waals surface area (Å²) in [7, 11) is 0. The predicted octanol–water partition coefficient (Wildman–Crippen LogP) is 5.01. The fourth-order valence-corrected chi connectivity index (χ4v) is 2.64. The Morgan fingerprint density at radius 2 is 1.24 bits per heavy atom. The first kappa shape index (κ1) is 20.4. The van der Waals surface area contributed by atoms with Gasteiger partial charge in [0, 0.05) is 23.3 Å². The molecular formula is C21H16Cl2N6. The van der Waals surface area contributed by atoms with Gasteiger partial charge in [0.05, 0.1) is 28.2 Å². The Hall–Kier alpha value is -3.35. The van der Waals surface area contributed by atoms with Gasteiger partial charge in [-0.15, -0.1) is 10.2 Å². The van der Waals surface area contributed by atoms with Crippen LogP contribution in [0.4, 0.5) is 11.6 Å². The van der Waals surface area contributed by atoms with Crippen LogP contribution in [0.3, 0.4) is 0 Å². The van der Waals surface area contributed by atoms with Crippen molar-refractivity contribution in [3.8, 4) is 0 Å². The molecule has 0 amide bonds. The number of nitrogens with two attached hydrogens (primary N) is 1. The topological polar surface area (TPSA) is 89.9 Å². The van der Waals surface area contributed by atoms with E-state index in [0.29, 0.717) is 21.7 Å². The minimum atomic E-state index is 0.345. The second-order valence-corrected chi connectivity index (χ2v) is 6.60. The number of hydrogen-bond donors (Lipinski definition) is 1. The number of aliphatic imine (C=N–C) groups is 1. The molecule has 2 aromatic heterocycles. The number of nitrogens with zero attached hydrogens (tertiary/aromatic N) is 5. The number of halogens is 2. The van der Waals surface area contributed by atoms with Gasteiger partial charge < -0.3 is 5.73 Å². The molecule has 29 heavy (non-hydrogen) atoms. The lowest BCUT2D eigenvalue weighted by atomic mass is 10.0. The molecule has 0 fully saturated rings. The molecule has 2 N–H and O–H groups in total. The molecule has 2 heterocycles. The third kappa shape index (κ3) is 6.34. The molecule has 0 aliphatic rings. The van der Waals surface area contributed by atoms with Gasteiger partial charge in [0.2, 0.25) is 0 Å². The van der Waals surface area contributed by atoms with E-state index in [-0.39, 0.29) is 0 Å². The maximum absolute atomic E-state index is 5.95. The lowest BCUT2D eigenvalue weighted by Gasteiger charge is -2.07. The zero-order chi connectivity index (χ0) is 20.5. The Labute approximate surface area is 178 Å². The first-order valence-electron chi connectivity index (χ1n) is 8.53. The zero-order valence-corrected chi connectivity index (χ0v) is 16.7. The van der Waals surface area contributed by atoms with Gasteiger partial charge in [0.1, 0.15) is 5.82 Å². The summed E-state index contributed by atoms with van der Waals surface area (Å²) in [5.41, 5.74) is 8.08. The van der Waals surface area contributed by atoms with Crippen LogP contribution >= 0.6 is 23.2 Å². The van der Waals surface area contributed by atoms with Crippen molar-refractivity contribution in [2.75, 3.05) is 5.73 Å². The number of benzene rings is 2. The molecule has 8 heteroatoms. The highest BCUT2D eigenvalue weighted by molar-refractivity contribution is 6.30. The second-order valence-electron chi connectivity index (χ2n) is 5.72. The van der Waals surface area contributed by atoms with Crippen molar-refractivity contribution >= 4 is 40.5 Å². The zero-order valence-electron chi connectivity index (χ0n) is 15.2. The summed E-state index contributed by atoms with van der Waals surface area (Å²) in [6.45, 7) is 0. The van der Waals surface area contributed by atoms with Crippen molar-refractivity contribution in [3.05, 3.63) is 106 Å². The molecule has 0 aliphatic heterocycles. The lowest BCUT2D eigenvalue weighted by Crippen LogP contribution is -2.03. The highest BCUT2D eigenvalue weighted by Crippen LogP contribution is 2.18. The highest BCUT2D eigenvalue weighted by atomic mass is 35.5. The Morgan fingerprint density at radius 1 is 0.724 bits per heavy atom. The van der Waals surface area contributed by atoms with Crippen LogP contribution in [0.1, 0.15) is 11.1 Å². The Morgan fingerprint density at radius 3 is 1.69 bits per heavy atom. The SMILES string of the molecule is Clc1cnnc(N=C(c2ccccc2)c2ccccc2)c1.Nc1cc(Cl)cnn1. The maximum atomic E-state index is 5.95. The molecule has 2 aromatic carbocycles. The quantitative estimate of drug-likeness (QED) is 0.468. The van der Waals surface area contributed by atoms with Gasteiger partial charge in [0.25, 0.3) is 0 Å². The molecular weight excluding hydrogens is 407 g/mol. The van der Waals surface area contributed by atoms with Crippen molar-refractivity contribution in [3.63, 3.8) is 0 Å². The van der Waals surface area contributed by atoms with Crippen LogP contribution < -0.4 is 5.73 Å². The number of nitrogen functional groups attached to an aromatic ring is 1. The first-order chi connectivity index (χ1) is 14.1. The number of anilines is 1. The van der Waals surface area contributed by atoms with E-state index in [1.807, 2.05) is 60.7 Å². The van der Waals surface area contributed by atoms with E-state index >= 15 is 0 Å². The minimum absolute atomic E-state index is 0.345. The van der Waals surface area contributed by atoms with Crippen molar-refractivity contribution in [1.82, 2.24) is 20.4 Å². The molecule has 0 bridgehead atoms. The fourth-order valence-electron chi connectivity index (χ4n) is 2.35. The number of hydrogen-bond acceptors (Lipinski definition) is 6. The van der Waals surface area contributed by atoms with Gasteiger partial charge in [-0.25, -0.2) is 4.99 Å². The maximum Gasteiger partial charge on any atom is 0.176 e. The van der Waals surface area contributed by atoms with Crippen molar-refractivity contribution in [2.24, 2.45) is 4.99 Å². The van der Waals surface area contributed by atoms with Gasteiger partial charge in [-0.2, -0.15) is 10.2 Å². The van der Waals surface area contributed by atoms with Gasteiger partial charge in [-0.3, -0.25) is 0 Å². The monoisotopic (exact) mass is 422 g/mol. The predicted molar refractivity (Wildman–Crippen MR) is 117 cm³/mol. The Kier molecular flexibility index (Phi) is 7.22. The van der Waals surface area contributed by atoms with Crippen molar-refractivity contribution < 1.29 is 0 Å². The summed E-state index contributed by atoms with van der Waals surface area (Å²) in [5, 5.41) is 15.8. The fraction of sp³-hybridized carbons (Fsp3) is 0. The van der Waals surface area contributed by atoms with Crippen LogP contribution in [0.2, 0.25) is 10.0 Å². The summed E-state index contributed by atoms with van der Waals surface area (Å²) in [4.78, 5) is 4.62. The molecule has 0 unspecified atom stereocenters. The number of aromatic nitrogens is 4. The van der Waals surface area contributed by atoms with Crippen molar-refractivity contribution in [2.45, 2.75) is 0 Å². The first-order valence-corrected chi connectivity index (χ1v) is 9.29. The summed E-state index contributed by atoms with van der Waals surface area (Å²) < 4.78 is 0. The van der Waals surface area contributed by atoms with E-state index in [1.165, 1.54) is 18.5 Å². The van der Waals surface area contributed by atoms with E-state index in [0.717, 1.165) is 16.8 Å². The summed E-state index contributed by atoms with van der Waals surface area (Å²) in [5.74, 6) is 0.836. The van der Waals surface area contributed by atoms with Gasteiger partial charge in [-0.05, 0) is 0 Å². The van der Waals surface area contributed by atoms with Crippen LogP contribution in [0.25, 0.3) is 0 Å². The van der Waals surface area contributed by atoms with Gasteiger partial charge in [0.15, 0.2) is 5.82 Å². The summed E-state index contributed by atoms with van der Waals surface area (Å²) in [6, 6.07) is 23.2. The smallest absolute Gasteiger partial charge is 0.176 e. The lowest BCUT2D eigenvalue weighted by molar-refractivity contribution is 1.02. The molecule has 0 atom stereocenters.